The van der Waals surface area contributed by atoms with E-state index in [0.717, 1.165) is 17.1 Å². The minimum absolute atomic E-state index is 0.0778. The zero-order chi connectivity index (χ0) is 20.5. The van der Waals surface area contributed by atoms with E-state index in [2.05, 4.69) is 15.3 Å². The Morgan fingerprint density at radius 2 is 2.17 bits per heavy atom. The molecule has 3 aromatic rings. The van der Waals surface area contributed by atoms with Crippen molar-refractivity contribution in [2.75, 3.05) is 13.4 Å². The molecular weight excluding hydrogens is 394 g/mol. The van der Waals surface area contributed by atoms with Crippen LogP contribution in [0.3, 0.4) is 0 Å². The molecule has 0 unspecified atom stereocenters. The lowest BCUT2D eigenvalue weighted by Gasteiger charge is -2.10. The molecule has 0 saturated carbocycles. The molecule has 0 fully saturated rings. The first-order valence-corrected chi connectivity index (χ1v) is 10.2. The van der Waals surface area contributed by atoms with Gasteiger partial charge in [-0.25, -0.2) is 9.78 Å². The summed E-state index contributed by atoms with van der Waals surface area (Å²) < 4.78 is 15.8. The second-order valence-corrected chi connectivity index (χ2v) is 7.82. The lowest BCUT2D eigenvalue weighted by Crippen LogP contribution is -2.83. The molecule has 3 N–H and O–H groups in total. The van der Waals surface area contributed by atoms with Crippen molar-refractivity contribution in [3.05, 3.63) is 50.4 Å². The molecule has 0 aliphatic carbocycles. The maximum Gasteiger partial charge on any atom is 0.348 e. The summed E-state index contributed by atoms with van der Waals surface area (Å²) in [4.78, 5) is 33.2. The fourth-order valence-electron chi connectivity index (χ4n) is 3.26. The second kappa shape index (κ2) is 7.84. The van der Waals surface area contributed by atoms with Gasteiger partial charge in [-0.3, -0.25) is 4.79 Å². The average molecular weight is 416 g/mol. The Kier molecular flexibility index (Phi) is 5.25. The Hall–Kier alpha value is -2.91. The summed E-state index contributed by atoms with van der Waals surface area (Å²) in [6.07, 6.45) is 0. The lowest BCUT2D eigenvalue weighted by molar-refractivity contribution is -0.709. The predicted molar refractivity (Wildman–Crippen MR) is 108 cm³/mol. The number of nitrogens with zero attached hydrogens (tertiary/aromatic N) is 1. The van der Waals surface area contributed by atoms with E-state index in [1.54, 1.807) is 13.8 Å². The van der Waals surface area contributed by atoms with E-state index in [4.69, 9.17) is 14.2 Å². The number of nitrogens with two attached hydrogens (primary N) is 1. The van der Waals surface area contributed by atoms with Gasteiger partial charge in [0.1, 0.15) is 22.3 Å². The highest BCUT2D eigenvalue weighted by atomic mass is 32.1. The van der Waals surface area contributed by atoms with E-state index in [-0.39, 0.29) is 25.0 Å². The molecule has 1 aliphatic rings. The van der Waals surface area contributed by atoms with Crippen LogP contribution in [0.4, 0.5) is 0 Å². The van der Waals surface area contributed by atoms with Crippen LogP contribution in [0.5, 0.6) is 11.5 Å². The molecule has 152 valence electrons. The number of benzene rings is 1. The molecule has 2 aromatic heterocycles. The van der Waals surface area contributed by atoms with Gasteiger partial charge in [0.15, 0.2) is 17.3 Å². The number of ether oxygens (including phenoxy) is 3. The summed E-state index contributed by atoms with van der Waals surface area (Å²) in [5.74, 6) is 1.65. The molecule has 0 radical (unpaired) electrons. The number of thiophene rings is 1. The third-order valence-corrected chi connectivity index (χ3v) is 6.02. The molecule has 9 heteroatoms. The van der Waals surface area contributed by atoms with Gasteiger partial charge < -0.3 is 24.5 Å². The molecule has 29 heavy (non-hydrogen) atoms. The van der Waals surface area contributed by atoms with Crippen molar-refractivity contribution in [3.63, 3.8) is 0 Å². The number of H-pyrrole nitrogens is 1. The van der Waals surface area contributed by atoms with Crippen LogP contribution in [-0.2, 0) is 11.3 Å². The van der Waals surface area contributed by atoms with Crippen molar-refractivity contribution >= 4 is 27.5 Å². The Balaban J connectivity index is 1.55. The van der Waals surface area contributed by atoms with Crippen molar-refractivity contribution < 1.29 is 24.3 Å². The summed E-state index contributed by atoms with van der Waals surface area (Å²) in [5, 5.41) is 2.53. The van der Waals surface area contributed by atoms with Gasteiger partial charge in [-0.15, -0.1) is 11.3 Å². The highest BCUT2D eigenvalue weighted by molar-refractivity contribution is 7.20. The fraction of sp³-hybridized carbons (Fsp3) is 0.350. The molecular formula is C20H22N3O5S+. The minimum Gasteiger partial charge on any atom is -0.462 e. The number of nitrogens with one attached hydrogen (secondary N) is 1. The first-order valence-electron chi connectivity index (χ1n) is 9.40. The van der Waals surface area contributed by atoms with Crippen molar-refractivity contribution in [2.24, 2.45) is 0 Å². The summed E-state index contributed by atoms with van der Waals surface area (Å²) >= 11 is 1.20. The van der Waals surface area contributed by atoms with Crippen LogP contribution >= 0.6 is 11.3 Å². The molecule has 0 saturated heterocycles. The number of aryl methyl sites for hydroxylation is 1. The number of hydrogen-bond donors (Lipinski definition) is 2. The van der Waals surface area contributed by atoms with Crippen LogP contribution in [0.15, 0.2) is 23.0 Å². The molecule has 1 aliphatic heterocycles. The van der Waals surface area contributed by atoms with Crippen LogP contribution in [0.1, 0.15) is 46.5 Å². The molecule has 0 bridgehead atoms. The molecule has 1 atom stereocenters. The van der Waals surface area contributed by atoms with Gasteiger partial charge in [-0.1, -0.05) is 0 Å². The van der Waals surface area contributed by atoms with Crippen LogP contribution in [0, 0.1) is 6.92 Å². The van der Waals surface area contributed by atoms with Gasteiger partial charge >= 0.3 is 5.97 Å². The van der Waals surface area contributed by atoms with Gasteiger partial charge in [-0.2, -0.15) is 0 Å². The summed E-state index contributed by atoms with van der Waals surface area (Å²) in [5.41, 5.74) is 1.46. The number of carbonyl (C=O) groups is 1. The number of fused-ring (bicyclic) bond motifs is 2. The maximum atomic E-state index is 12.6. The highest BCUT2D eigenvalue weighted by Gasteiger charge is 2.22. The quantitative estimate of drug-likeness (QED) is 0.596. The Bertz CT molecular complexity index is 1140. The number of carbonyl (C=O) groups excluding carboxylic acids is 1. The number of aromatic amines is 1. The Morgan fingerprint density at radius 3 is 2.97 bits per heavy atom. The van der Waals surface area contributed by atoms with Gasteiger partial charge in [0.2, 0.25) is 6.79 Å². The number of esters is 1. The van der Waals surface area contributed by atoms with Gasteiger partial charge in [0.25, 0.3) is 5.56 Å². The van der Waals surface area contributed by atoms with Crippen LogP contribution in [-0.4, -0.2) is 29.3 Å². The fourth-order valence-corrected chi connectivity index (χ4v) is 4.34. The standard InChI is InChI=1S/C20H21N3O5S/c1-4-26-20(25)16-10(2)15-18(24)22-17(23-19(15)29-16)11(3)21-8-12-5-6-13-14(7-12)28-9-27-13/h5-7,11,21H,4,8-9H2,1-3H3,(H,22,23,24)/p+1/t11-/m1/s1. The van der Waals surface area contributed by atoms with Gasteiger partial charge in [0, 0.05) is 5.56 Å². The summed E-state index contributed by atoms with van der Waals surface area (Å²) in [7, 11) is 0. The van der Waals surface area contributed by atoms with E-state index in [1.807, 2.05) is 25.1 Å². The van der Waals surface area contributed by atoms with E-state index >= 15 is 0 Å². The zero-order valence-electron chi connectivity index (χ0n) is 16.4. The summed E-state index contributed by atoms with van der Waals surface area (Å²) in [6.45, 7) is 6.70. The number of hydrogen-bond acceptors (Lipinski definition) is 7. The molecule has 0 spiro atoms. The molecule has 1 aromatic carbocycles. The Morgan fingerprint density at radius 1 is 1.38 bits per heavy atom. The second-order valence-electron chi connectivity index (χ2n) is 6.82. The van der Waals surface area contributed by atoms with E-state index in [9.17, 15) is 9.59 Å². The lowest BCUT2D eigenvalue weighted by atomic mass is 10.2. The predicted octanol–water partition coefficient (Wildman–Crippen LogP) is 2.02. The number of aromatic nitrogens is 2. The van der Waals surface area contributed by atoms with Crippen LogP contribution in [0.2, 0.25) is 0 Å². The Labute approximate surface area is 170 Å². The topological polar surface area (TPSA) is 107 Å². The minimum atomic E-state index is -0.420. The smallest absolute Gasteiger partial charge is 0.348 e. The summed E-state index contributed by atoms with van der Waals surface area (Å²) in [6, 6.07) is 5.77. The maximum absolute atomic E-state index is 12.6. The highest BCUT2D eigenvalue weighted by Crippen LogP contribution is 2.32. The average Bonchev–Trinajstić information content (AvgIpc) is 3.30. The molecule has 0 amide bonds. The molecule has 3 heterocycles. The van der Waals surface area contributed by atoms with Crippen molar-refractivity contribution in [1.29, 1.82) is 0 Å². The molecule has 4 rings (SSSR count). The first-order chi connectivity index (χ1) is 14.0. The largest absolute Gasteiger partial charge is 0.462 e. The number of rotatable bonds is 6. The van der Waals surface area contributed by atoms with Crippen molar-refractivity contribution in [1.82, 2.24) is 9.97 Å². The third kappa shape index (κ3) is 3.70. The zero-order valence-corrected chi connectivity index (χ0v) is 17.2. The van der Waals surface area contributed by atoms with E-state index < -0.39 is 5.97 Å². The normalized spacial score (nSPS) is 13.6. The SMILES string of the molecule is CCOC(=O)c1sc2nc([C@@H](C)[NH2+]Cc3ccc4c(c3)OCO4)[nH]c(=O)c2c1C. The first kappa shape index (κ1) is 19.4. The van der Waals surface area contributed by atoms with Gasteiger partial charge in [-0.05, 0) is 44.5 Å². The van der Waals surface area contributed by atoms with Gasteiger partial charge in [0.05, 0.1) is 12.0 Å². The number of quaternary nitrogens is 1. The van der Waals surface area contributed by atoms with E-state index in [1.165, 1.54) is 11.3 Å². The van der Waals surface area contributed by atoms with Crippen molar-refractivity contribution in [3.8, 4) is 11.5 Å². The van der Waals surface area contributed by atoms with Crippen LogP contribution < -0.4 is 20.3 Å². The third-order valence-electron chi connectivity index (χ3n) is 4.86. The monoisotopic (exact) mass is 416 g/mol. The molecule has 8 nitrogen and oxygen atoms in total. The van der Waals surface area contributed by atoms with E-state index in [0.29, 0.717) is 33.0 Å². The van der Waals surface area contributed by atoms with Crippen molar-refractivity contribution in [2.45, 2.75) is 33.4 Å². The van der Waals surface area contributed by atoms with Crippen LogP contribution in [0.25, 0.3) is 10.2 Å².